The molecule has 0 aliphatic rings. The molecule has 0 aliphatic carbocycles. The molecule has 0 radical (unpaired) electrons. The van der Waals surface area contributed by atoms with Crippen molar-refractivity contribution in [2.45, 2.75) is 38.8 Å². The number of aliphatic hydroxyl groups is 1. The van der Waals surface area contributed by atoms with Gasteiger partial charge in [-0.3, -0.25) is 5.32 Å². The average molecular weight is 287 g/mol. The van der Waals surface area contributed by atoms with E-state index in [1.54, 1.807) is 0 Å². The van der Waals surface area contributed by atoms with Gasteiger partial charge in [0.25, 0.3) is 0 Å². The summed E-state index contributed by atoms with van der Waals surface area (Å²) in [5.41, 5.74) is 0.852. The number of aromatic nitrogens is 1. The first kappa shape index (κ1) is 15.4. The zero-order valence-electron chi connectivity index (χ0n) is 10.9. The molecule has 1 aromatic rings. The lowest BCUT2D eigenvalue weighted by atomic mass is 10.2. The maximum Gasteiger partial charge on any atom is 0.328 e. The van der Waals surface area contributed by atoms with Crippen molar-refractivity contribution in [2.75, 3.05) is 5.32 Å². The summed E-state index contributed by atoms with van der Waals surface area (Å²) in [7, 11) is 0. The first-order valence-electron chi connectivity index (χ1n) is 5.75. The van der Waals surface area contributed by atoms with Crippen molar-refractivity contribution >= 4 is 28.5 Å². The highest BCUT2D eigenvalue weighted by Crippen LogP contribution is 2.21. The molecule has 0 saturated heterocycles. The van der Waals surface area contributed by atoms with Crippen LogP contribution in [0.2, 0.25) is 0 Å². The molecule has 1 rings (SSSR count). The van der Waals surface area contributed by atoms with E-state index in [1.165, 1.54) is 18.3 Å². The SMILES string of the molecule is CC(C)c1csc(NC(=O)NC(C(=O)O)C(C)O)n1. The molecule has 0 spiro atoms. The van der Waals surface area contributed by atoms with Gasteiger partial charge in [0.05, 0.1) is 11.8 Å². The van der Waals surface area contributed by atoms with E-state index in [4.69, 9.17) is 5.11 Å². The van der Waals surface area contributed by atoms with Gasteiger partial charge < -0.3 is 15.5 Å². The minimum absolute atomic E-state index is 0.249. The number of carbonyl (C=O) groups excluding carboxylic acids is 1. The van der Waals surface area contributed by atoms with E-state index < -0.39 is 24.1 Å². The van der Waals surface area contributed by atoms with Crippen molar-refractivity contribution in [1.82, 2.24) is 10.3 Å². The highest BCUT2D eigenvalue weighted by Gasteiger charge is 2.25. The largest absolute Gasteiger partial charge is 0.480 e. The van der Waals surface area contributed by atoms with Crippen LogP contribution in [-0.2, 0) is 4.79 Å². The number of urea groups is 1. The van der Waals surface area contributed by atoms with Crippen LogP contribution in [0.25, 0.3) is 0 Å². The summed E-state index contributed by atoms with van der Waals surface area (Å²) < 4.78 is 0. The first-order chi connectivity index (χ1) is 8.81. The second kappa shape index (κ2) is 6.48. The maximum absolute atomic E-state index is 11.6. The van der Waals surface area contributed by atoms with E-state index in [9.17, 15) is 14.7 Å². The first-order valence-corrected chi connectivity index (χ1v) is 6.63. The zero-order chi connectivity index (χ0) is 14.6. The van der Waals surface area contributed by atoms with Crippen LogP contribution < -0.4 is 10.6 Å². The van der Waals surface area contributed by atoms with Crippen LogP contribution in [0.3, 0.4) is 0 Å². The summed E-state index contributed by atoms with van der Waals surface area (Å²) in [4.78, 5) is 26.6. The van der Waals surface area contributed by atoms with Crippen LogP contribution in [0.1, 0.15) is 32.4 Å². The van der Waals surface area contributed by atoms with Gasteiger partial charge in [0, 0.05) is 5.38 Å². The summed E-state index contributed by atoms with van der Waals surface area (Å²) in [5, 5.41) is 24.9. The summed E-state index contributed by atoms with van der Waals surface area (Å²) in [6.45, 7) is 5.25. The third kappa shape index (κ3) is 4.49. The molecule has 0 bridgehead atoms. The number of carboxylic acid groups (broad SMARTS) is 1. The van der Waals surface area contributed by atoms with E-state index in [0.717, 1.165) is 5.69 Å². The van der Waals surface area contributed by atoms with Gasteiger partial charge in [-0.2, -0.15) is 0 Å². The molecule has 8 heteroatoms. The Morgan fingerprint density at radius 3 is 2.42 bits per heavy atom. The van der Waals surface area contributed by atoms with E-state index in [1.807, 2.05) is 19.2 Å². The lowest BCUT2D eigenvalue weighted by molar-refractivity contribution is -0.141. The van der Waals surface area contributed by atoms with E-state index in [0.29, 0.717) is 5.13 Å². The standard InChI is InChI=1S/C11H17N3O4S/c1-5(2)7-4-19-11(12-7)14-10(18)13-8(6(3)15)9(16)17/h4-6,8,15H,1-3H3,(H,16,17)(H2,12,13,14,18). The normalized spacial score (nSPS) is 13.9. The minimum atomic E-state index is -1.36. The molecule has 7 nitrogen and oxygen atoms in total. The topological polar surface area (TPSA) is 112 Å². The molecule has 0 aromatic carbocycles. The van der Waals surface area contributed by atoms with Crippen LogP contribution in [0, 0.1) is 0 Å². The number of thiazole rings is 1. The third-order valence-corrected chi connectivity index (χ3v) is 3.14. The molecule has 2 amide bonds. The second-order valence-electron chi connectivity index (χ2n) is 4.39. The van der Waals surface area contributed by atoms with Crippen LogP contribution in [0.15, 0.2) is 5.38 Å². The molecular formula is C11H17N3O4S. The number of aliphatic hydroxyl groups excluding tert-OH is 1. The number of rotatable bonds is 5. The van der Waals surface area contributed by atoms with Gasteiger partial charge in [-0.25, -0.2) is 14.6 Å². The Bertz CT molecular complexity index is 459. The molecule has 0 saturated carbocycles. The van der Waals surface area contributed by atoms with E-state index in [-0.39, 0.29) is 5.92 Å². The molecule has 4 N–H and O–H groups in total. The second-order valence-corrected chi connectivity index (χ2v) is 5.25. The molecule has 2 atom stereocenters. The Balaban J connectivity index is 2.61. The fourth-order valence-electron chi connectivity index (χ4n) is 1.27. The Labute approximate surface area is 114 Å². The van der Waals surface area contributed by atoms with E-state index in [2.05, 4.69) is 15.6 Å². The van der Waals surface area contributed by atoms with Crippen LogP contribution >= 0.6 is 11.3 Å². The number of anilines is 1. The van der Waals surface area contributed by atoms with Gasteiger partial charge in [0.1, 0.15) is 0 Å². The van der Waals surface area contributed by atoms with Gasteiger partial charge in [-0.1, -0.05) is 13.8 Å². The van der Waals surface area contributed by atoms with Crippen LogP contribution in [-0.4, -0.2) is 39.3 Å². The lowest BCUT2D eigenvalue weighted by Crippen LogP contribution is -2.49. The number of carbonyl (C=O) groups is 2. The molecule has 106 valence electrons. The molecule has 2 unspecified atom stereocenters. The number of hydrogen-bond acceptors (Lipinski definition) is 5. The van der Waals surface area contributed by atoms with Gasteiger partial charge in [-0.15, -0.1) is 11.3 Å². The Kier molecular flexibility index (Phi) is 5.25. The molecular weight excluding hydrogens is 270 g/mol. The summed E-state index contributed by atoms with van der Waals surface area (Å²) in [5.74, 6) is -1.05. The number of amides is 2. The number of nitrogens with one attached hydrogen (secondary N) is 2. The van der Waals surface area contributed by atoms with Crippen molar-refractivity contribution < 1.29 is 19.8 Å². The molecule has 1 aromatic heterocycles. The van der Waals surface area contributed by atoms with Crippen molar-refractivity contribution in [3.63, 3.8) is 0 Å². The van der Waals surface area contributed by atoms with Crippen molar-refractivity contribution in [3.8, 4) is 0 Å². The Morgan fingerprint density at radius 1 is 1.37 bits per heavy atom. The average Bonchev–Trinajstić information content (AvgIpc) is 2.73. The monoisotopic (exact) mass is 287 g/mol. The maximum atomic E-state index is 11.6. The fourth-order valence-corrected chi connectivity index (χ4v) is 2.14. The van der Waals surface area contributed by atoms with Gasteiger partial charge in [0.2, 0.25) is 0 Å². The molecule has 0 fully saturated rings. The predicted molar refractivity (Wildman–Crippen MR) is 71.5 cm³/mol. The zero-order valence-corrected chi connectivity index (χ0v) is 11.7. The van der Waals surface area contributed by atoms with E-state index >= 15 is 0 Å². The summed E-state index contributed by atoms with van der Waals surface area (Å²) >= 11 is 1.26. The van der Waals surface area contributed by atoms with Crippen LogP contribution in [0.5, 0.6) is 0 Å². The quantitative estimate of drug-likeness (QED) is 0.650. The van der Waals surface area contributed by atoms with Crippen LogP contribution in [0.4, 0.5) is 9.93 Å². The molecule has 0 aliphatic heterocycles. The number of aliphatic carboxylic acids is 1. The fraction of sp³-hybridized carbons (Fsp3) is 0.545. The molecule has 19 heavy (non-hydrogen) atoms. The highest BCUT2D eigenvalue weighted by molar-refractivity contribution is 7.13. The number of nitrogens with zero attached hydrogens (tertiary/aromatic N) is 1. The number of carboxylic acids is 1. The third-order valence-electron chi connectivity index (χ3n) is 2.37. The van der Waals surface area contributed by atoms with Gasteiger partial charge >= 0.3 is 12.0 Å². The smallest absolute Gasteiger partial charge is 0.328 e. The van der Waals surface area contributed by atoms with Crippen molar-refractivity contribution in [2.24, 2.45) is 0 Å². The lowest BCUT2D eigenvalue weighted by Gasteiger charge is -2.16. The Morgan fingerprint density at radius 2 is 2.00 bits per heavy atom. The summed E-state index contributed by atoms with van der Waals surface area (Å²) in [6.07, 6.45) is -1.19. The Hall–Kier alpha value is -1.67. The minimum Gasteiger partial charge on any atom is -0.480 e. The molecule has 1 heterocycles. The van der Waals surface area contributed by atoms with Crippen molar-refractivity contribution in [3.05, 3.63) is 11.1 Å². The van der Waals surface area contributed by atoms with Crippen molar-refractivity contribution in [1.29, 1.82) is 0 Å². The van der Waals surface area contributed by atoms with Gasteiger partial charge in [0.15, 0.2) is 11.2 Å². The predicted octanol–water partition coefficient (Wildman–Crippen LogP) is 1.22. The summed E-state index contributed by atoms with van der Waals surface area (Å²) in [6, 6.07) is -2.07. The highest BCUT2D eigenvalue weighted by atomic mass is 32.1. The number of hydrogen-bond donors (Lipinski definition) is 4. The van der Waals surface area contributed by atoms with Gasteiger partial charge in [-0.05, 0) is 12.8 Å².